The summed E-state index contributed by atoms with van der Waals surface area (Å²) < 4.78 is 19.0. The van der Waals surface area contributed by atoms with Crippen LogP contribution in [0.25, 0.3) is 11.1 Å². The Balaban J connectivity index is 1.31. The first-order valence-corrected chi connectivity index (χ1v) is 11.1. The standard InChI is InChI=1S/C27H26FNO3/c28-19-13-11-18(12-14-19)25(30)27(15-5-6-16-27)29-26(31)32-17-24-22-9-3-1-7-20(22)21-8-2-4-10-23(21)24/h1-4,7-14,24-25,30H,5-6,15-17H2,(H,29,31). The van der Waals surface area contributed by atoms with E-state index in [1.54, 1.807) is 12.1 Å². The largest absolute Gasteiger partial charge is 0.449 e. The van der Waals surface area contributed by atoms with Gasteiger partial charge in [-0.05, 0) is 52.8 Å². The molecule has 0 saturated heterocycles. The highest BCUT2D eigenvalue weighted by Crippen LogP contribution is 2.45. The Labute approximate surface area is 187 Å². The Morgan fingerprint density at radius 2 is 1.53 bits per heavy atom. The summed E-state index contributed by atoms with van der Waals surface area (Å²) in [7, 11) is 0. The Hall–Kier alpha value is -3.18. The number of aliphatic hydroxyl groups excluding tert-OH is 1. The topological polar surface area (TPSA) is 58.6 Å². The third-order valence-corrected chi connectivity index (χ3v) is 6.90. The van der Waals surface area contributed by atoms with Crippen molar-refractivity contribution in [2.45, 2.75) is 43.2 Å². The molecule has 164 valence electrons. The molecule has 1 amide bonds. The number of nitrogens with one attached hydrogen (secondary N) is 1. The molecule has 0 aromatic heterocycles. The van der Waals surface area contributed by atoms with Crippen LogP contribution in [-0.2, 0) is 4.74 Å². The van der Waals surface area contributed by atoms with Gasteiger partial charge in [0.25, 0.3) is 0 Å². The van der Waals surface area contributed by atoms with Crippen LogP contribution >= 0.6 is 0 Å². The van der Waals surface area contributed by atoms with Crippen molar-refractivity contribution in [3.63, 3.8) is 0 Å². The van der Waals surface area contributed by atoms with Crippen LogP contribution in [0.3, 0.4) is 0 Å². The number of fused-ring (bicyclic) bond motifs is 3. The second-order valence-electron chi connectivity index (χ2n) is 8.77. The monoisotopic (exact) mass is 431 g/mol. The van der Waals surface area contributed by atoms with Gasteiger partial charge >= 0.3 is 6.09 Å². The van der Waals surface area contributed by atoms with Gasteiger partial charge in [0.2, 0.25) is 0 Å². The second kappa shape index (κ2) is 8.40. The van der Waals surface area contributed by atoms with Crippen molar-refractivity contribution in [3.8, 4) is 11.1 Å². The Kier molecular flexibility index (Phi) is 5.43. The van der Waals surface area contributed by atoms with E-state index in [1.807, 2.05) is 24.3 Å². The fourth-order valence-corrected chi connectivity index (χ4v) is 5.27. The van der Waals surface area contributed by atoms with Gasteiger partial charge in [0.1, 0.15) is 18.5 Å². The molecule has 0 radical (unpaired) electrons. The molecule has 0 aliphatic heterocycles. The number of alkyl carbamates (subject to hydrolysis) is 1. The zero-order valence-electron chi connectivity index (χ0n) is 17.8. The van der Waals surface area contributed by atoms with Crippen LogP contribution in [0.15, 0.2) is 72.8 Å². The fraction of sp³-hybridized carbons (Fsp3) is 0.296. The maximum absolute atomic E-state index is 13.3. The molecular formula is C27H26FNO3. The molecule has 1 fully saturated rings. The zero-order chi connectivity index (χ0) is 22.1. The number of ether oxygens (including phenoxy) is 1. The highest BCUT2D eigenvalue weighted by Gasteiger charge is 2.43. The van der Waals surface area contributed by atoms with Gasteiger partial charge in [-0.15, -0.1) is 0 Å². The van der Waals surface area contributed by atoms with Crippen molar-refractivity contribution in [3.05, 3.63) is 95.3 Å². The molecule has 0 bridgehead atoms. The molecule has 2 aliphatic carbocycles. The van der Waals surface area contributed by atoms with Crippen LogP contribution in [0.4, 0.5) is 9.18 Å². The van der Waals surface area contributed by atoms with Gasteiger partial charge in [0, 0.05) is 5.92 Å². The van der Waals surface area contributed by atoms with Crippen molar-refractivity contribution in [2.24, 2.45) is 0 Å². The quantitative estimate of drug-likeness (QED) is 0.544. The first-order chi connectivity index (χ1) is 15.6. The summed E-state index contributed by atoms with van der Waals surface area (Å²) >= 11 is 0. The van der Waals surface area contributed by atoms with E-state index in [9.17, 15) is 14.3 Å². The molecule has 5 heteroatoms. The minimum Gasteiger partial charge on any atom is -0.449 e. The predicted octanol–water partition coefficient (Wildman–Crippen LogP) is 5.71. The van der Waals surface area contributed by atoms with Gasteiger partial charge in [-0.25, -0.2) is 9.18 Å². The lowest BCUT2D eigenvalue weighted by Gasteiger charge is -2.35. The van der Waals surface area contributed by atoms with E-state index in [1.165, 1.54) is 23.3 Å². The Bertz CT molecular complexity index is 1080. The highest BCUT2D eigenvalue weighted by molar-refractivity contribution is 5.79. The van der Waals surface area contributed by atoms with Gasteiger partial charge in [-0.3, -0.25) is 0 Å². The van der Waals surface area contributed by atoms with Crippen LogP contribution in [0.1, 0.15) is 54.4 Å². The minimum atomic E-state index is -0.925. The number of rotatable bonds is 5. The van der Waals surface area contributed by atoms with Gasteiger partial charge < -0.3 is 15.2 Å². The van der Waals surface area contributed by atoms with Gasteiger partial charge in [-0.1, -0.05) is 73.5 Å². The Morgan fingerprint density at radius 3 is 2.12 bits per heavy atom. The predicted molar refractivity (Wildman–Crippen MR) is 121 cm³/mol. The van der Waals surface area contributed by atoms with Crippen LogP contribution in [0.5, 0.6) is 0 Å². The second-order valence-corrected chi connectivity index (χ2v) is 8.77. The van der Waals surface area contributed by atoms with E-state index in [-0.39, 0.29) is 18.3 Å². The average molecular weight is 432 g/mol. The third kappa shape index (κ3) is 3.67. The minimum absolute atomic E-state index is 0.0188. The van der Waals surface area contributed by atoms with E-state index in [2.05, 4.69) is 29.6 Å². The summed E-state index contributed by atoms with van der Waals surface area (Å²) in [5, 5.41) is 14.0. The van der Waals surface area contributed by atoms with Gasteiger partial charge in [0.15, 0.2) is 0 Å². The van der Waals surface area contributed by atoms with Crippen LogP contribution < -0.4 is 5.32 Å². The molecule has 5 rings (SSSR count). The number of carbonyl (C=O) groups is 1. The number of halogens is 1. The van der Waals surface area contributed by atoms with Crippen molar-refractivity contribution >= 4 is 6.09 Å². The summed E-state index contributed by atoms with van der Waals surface area (Å²) in [5.41, 5.74) is 4.45. The number of hydrogen-bond acceptors (Lipinski definition) is 3. The van der Waals surface area contributed by atoms with E-state index in [4.69, 9.17) is 4.74 Å². The molecular weight excluding hydrogens is 405 g/mol. The number of hydrogen-bond donors (Lipinski definition) is 2. The Morgan fingerprint density at radius 1 is 0.969 bits per heavy atom. The number of aliphatic hydroxyl groups is 1. The van der Waals surface area contributed by atoms with E-state index in [0.29, 0.717) is 18.4 Å². The zero-order valence-corrected chi connectivity index (χ0v) is 17.8. The summed E-state index contributed by atoms with van der Waals surface area (Å²) in [6, 6.07) is 22.2. The number of amides is 1. The van der Waals surface area contributed by atoms with E-state index < -0.39 is 17.7 Å². The van der Waals surface area contributed by atoms with Crippen molar-refractivity contribution in [1.82, 2.24) is 5.32 Å². The molecule has 1 saturated carbocycles. The molecule has 0 spiro atoms. The van der Waals surface area contributed by atoms with E-state index in [0.717, 1.165) is 24.0 Å². The highest BCUT2D eigenvalue weighted by atomic mass is 19.1. The lowest BCUT2D eigenvalue weighted by molar-refractivity contribution is 0.0525. The normalized spacial score (nSPS) is 17.4. The van der Waals surface area contributed by atoms with Gasteiger partial charge in [-0.2, -0.15) is 0 Å². The first kappa shape index (κ1) is 20.7. The van der Waals surface area contributed by atoms with Crippen LogP contribution in [0, 0.1) is 5.82 Å². The molecule has 0 heterocycles. The van der Waals surface area contributed by atoms with Crippen LogP contribution in [-0.4, -0.2) is 23.3 Å². The lowest BCUT2D eigenvalue weighted by atomic mass is 9.86. The van der Waals surface area contributed by atoms with Crippen molar-refractivity contribution < 1.29 is 19.0 Å². The summed E-state index contributed by atoms with van der Waals surface area (Å²) in [6.07, 6.45) is 1.65. The molecule has 2 N–H and O–H groups in total. The smallest absolute Gasteiger partial charge is 0.407 e. The SMILES string of the molecule is O=C(NC1(C(O)c2ccc(F)cc2)CCCC1)OCC1c2ccccc2-c2ccccc21. The number of carbonyl (C=O) groups excluding carboxylic acids is 1. The lowest BCUT2D eigenvalue weighted by Crippen LogP contribution is -2.51. The summed E-state index contributed by atoms with van der Waals surface area (Å²) in [4.78, 5) is 12.9. The fourth-order valence-electron chi connectivity index (χ4n) is 5.27. The molecule has 32 heavy (non-hydrogen) atoms. The van der Waals surface area contributed by atoms with Gasteiger partial charge in [0.05, 0.1) is 5.54 Å². The van der Waals surface area contributed by atoms with Crippen LogP contribution in [0.2, 0.25) is 0 Å². The molecule has 3 aromatic carbocycles. The van der Waals surface area contributed by atoms with Crippen molar-refractivity contribution in [1.29, 1.82) is 0 Å². The molecule has 1 atom stereocenters. The maximum atomic E-state index is 13.3. The molecule has 2 aliphatic rings. The summed E-state index contributed by atoms with van der Waals surface area (Å²) in [6.45, 7) is 0.225. The maximum Gasteiger partial charge on any atom is 0.407 e. The molecule has 3 aromatic rings. The van der Waals surface area contributed by atoms with Crippen molar-refractivity contribution in [2.75, 3.05) is 6.61 Å². The number of benzene rings is 3. The third-order valence-electron chi connectivity index (χ3n) is 6.90. The molecule has 1 unspecified atom stereocenters. The average Bonchev–Trinajstić information content (AvgIpc) is 3.41. The first-order valence-electron chi connectivity index (χ1n) is 11.1. The van der Waals surface area contributed by atoms with E-state index >= 15 is 0 Å². The molecule has 4 nitrogen and oxygen atoms in total. The summed E-state index contributed by atoms with van der Waals surface area (Å²) in [5.74, 6) is -0.374.